The Bertz CT molecular complexity index is 299. The average molecular weight is 191 g/mol. The fraction of sp³-hybridized carbons (Fsp3) is 0.200. The lowest BCUT2D eigenvalue weighted by Gasteiger charge is -2.23. The first kappa shape index (κ1) is 9.21. The number of hydrogen-bond acceptors (Lipinski definition) is 4. The van der Waals surface area contributed by atoms with E-state index in [-0.39, 0.29) is 0 Å². The standard InChI is InChI=1S/C10H13N3O/c1-2-5-10(6-3-1)9-14-13-8-4-7-11-12-13/h1-6,8,11-12H,7,9H2. The van der Waals surface area contributed by atoms with Crippen LogP contribution in [0.5, 0.6) is 0 Å². The van der Waals surface area contributed by atoms with Crippen LogP contribution in [0.15, 0.2) is 42.6 Å². The van der Waals surface area contributed by atoms with Crippen molar-refractivity contribution in [2.45, 2.75) is 6.61 Å². The smallest absolute Gasteiger partial charge is 0.102 e. The van der Waals surface area contributed by atoms with Gasteiger partial charge in [-0.15, -0.1) is 5.53 Å². The van der Waals surface area contributed by atoms with Crippen LogP contribution in [0.25, 0.3) is 0 Å². The van der Waals surface area contributed by atoms with Gasteiger partial charge in [-0.2, -0.15) is 5.17 Å². The molecule has 0 atom stereocenters. The van der Waals surface area contributed by atoms with Crippen LogP contribution in [-0.2, 0) is 11.4 Å². The molecule has 0 spiro atoms. The predicted molar refractivity (Wildman–Crippen MR) is 53.3 cm³/mol. The van der Waals surface area contributed by atoms with Crippen molar-refractivity contribution >= 4 is 0 Å². The maximum Gasteiger partial charge on any atom is 0.102 e. The molecule has 0 amide bonds. The Morgan fingerprint density at radius 2 is 2.14 bits per heavy atom. The highest BCUT2D eigenvalue weighted by atomic mass is 16.7. The highest BCUT2D eigenvalue weighted by molar-refractivity contribution is 5.13. The van der Waals surface area contributed by atoms with Crippen LogP contribution in [0.3, 0.4) is 0 Å². The second-order valence-corrected chi connectivity index (χ2v) is 2.96. The molecule has 14 heavy (non-hydrogen) atoms. The summed E-state index contributed by atoms with van der Waals surface area (Å²) in [6, 6.07) is 10.0. The van der Waals surface area contributed by atoms with E-state index in [4.69, 9.17) is 4.84 Å². The zero-order chi connectivity index (χ0) is 9.64. The summed E-state index contributed by atoms with van der Waals surface area (Å²) in [5.74, 6) is 0. The van der Waals surface area contributed by atoms with Gasteiger partial charge in [-0.1, -0.05) is 30.3 Å². The number of nitrogens with zero attached hydrogens (tertiary/aromatic N) is 1. The van der Waals surface area contributed by atoms with Crippen molar-refractivity contribution < 1.29 is 4.84 Å². The fourth-order valence-corrected chi connectivity index (χ4v) is 1.16. The van der Waals surface area contributed by atoms with Gasteiger partial charge in [-0.25, -0.2) is 5.43 Å². The van der Waals surface area contributed by atoms with Gasteiger partial charge in [0.1, 0.15) is 6.61 Å². The predicted octanol–water partition coefficient (Wildman–Crippen LogP) is 0.957. The molecule has 0 aliphatic carbocycles. The second-order valence-electron chi connectivity index (χ2n) is 2.96. The molecule has 1 aromatic rings. The number of nitrogens with one attached hydrogen (secondary N) is 2. The van der Waals surface area contributed by atoms with Crippen LogP contribution in [-0.4, -0.2) is 11.7 Å². The number of benzene rings is 1. The molecule has 0 bridgehead atoms. The molecule has 4 heteroatoms. The lowest BCUT2D eigenvalue weighted by atomic mass is 10.2. The second kappa shape index (κ2) is 4.76. The van der Waals surface area contributed by atoms with Crippen molar-refractivity contribution in [2.24, 2.45) is 0 Å². The Labute approximate surface area is 83.1 Å². The van der Waals surface area contributed by atoms with Gasteiger partial charge in [0.25, 0.3) is 0 Å². The maximum atomic E-state index is 5.44. The van der Waals surface area contributed by atoms with Crippen molar-refractivity contribution in [1.82, 2.24) is 16.1 Å². The molecule has 1 aliphatic rings. The first-order valence-corrected chi connectivity index (χ1v) is 4.56. The van der Waals surface area contributed by atoms with E-state index in [1.807, 2.05) is 42.6 Å². The molecule has 2 N–H and O–H groups in total. The van der Waals surface area contributed by atoms with Gasteiger partial charge in [0.05, 0.1) is 0 Å². The molecule has 2 rings (SSSR count). The molecule has 0 aromatic heterocycles. The van der Waals surface area contributed by atoms with Crippen LogP contribution in [0.4, 0.5) is 0 Å². The van der Waals surface area contributed by atoms with Crippen molar-refractivity contribution in [1.29, 1.82) is 0 Å². The van der Waals surface area contributed by atoms with Gasteiger partial charge >= 0.3 is 0 Å². The fourth-order valence-electron chi connectivity index (χ4n) is 1.16. The quantitative estimate of drug-likeness (QED) is 0.746. The molecule has 4 nitrogen and oxygen atoms in total. The van der Waals surface area contributed by atoms with Crippen LogP contribution >= 0.6 is 0 Å². The first-order valence-electron chi connectivity index (χ1n) is 4.56. The Balaban J connectivity index is 1.82. The molecule has 0 unspecified atom stereocenters. The molecule has 1 aliphatic heterocycles. The Morgan fingerprint density at radius 1 is 1.29 bits per heavy atom. The van der Waals surface area contributed by atoms with Crippen molar-refractivity contribution in [3.05, 3.63) is 48.2 Å². The first-order chi connectivity index (χ1) is 6.95. The van der Waals surface area contributed by atoms with Crippen molar-refractivity contribution in [3.63, 3.8) is 0 Å². The van der Waals surface area contributed by atoms with Crippen molar-refractivity contribution in [3.8, 4) is 0 Å². The third-order valence-corrected chi connectivity index (χ3v) is 1.86. The minimum absolute atomic E-state index is 0.555. The van der Waals surface area contributed by atoms with Crippen molar-refractivity contribution in [2.75, 3.05) is 6.54 Å². The van der Waals surface area contributed by atoms with Crippen LogP contribution in [0, 0.1) is 0 Å². The average Bonchev–Trinajstić information content (AvgIpc) is 2.29. The lowest BCUT2D eigenvalue weighted by Crippen LogP contribution is -2.46. The number of hydroxylamine groups is 1. The molecule has 0 saturated heterocycles. The number of hydrazine groups is 2. The summed E-state index contributed by atoms with van der Waals surface area (Å²) < 4.78 is 0. The highest BCUT2D eigenvalue weighted by Crippen LogP contribution is 2.02. The SMILES string of the molecule is C1=CN(OCc2ccccc2)NNC1. The minimum atomic E-state index is 0.555. The van der Waals surface area contributed by atoms with Crippen LogP contribution in [0.2, 0.25) is 0 Å². The molecular weight excluding hydrogens is 178 g/mol. The van der Waals surface area contributed by atoms with E-state index < -0.39 is 0 Å². The van der Waals surface area contributed by atoms with E-state index in [0.29, 0.717) is 6.61 Å². The zero-order valence-electron chi connectivity index (χ0n) is 7.81. The summed E-state index contributed by atoms with van der Waals surface area (Å²) in [4.78, 5) is 5.44. The topological polar surface area (TPSA) is 36.5 Å². The van der Waals surface area contributed by atoms with Gasteiger partial charge in [0.2, 0.25) is 0 Å². The van der Waals surface area contributed by atoms with E-state index in [1.54, 1.807) is 5.17 Å². The Kier molecular flexibility index (Phi) is 3.13. The Morgan fingerprint density at radius 3 is 2.86 bits per heavy atom. The van der Waals surface area contributed by atoms with E-state index in [1.165, 1.54) is 0 Å². The van der Waals surface area contributed by atoms with Gasteiger partial charge in [-0.05, 0) is 11.6 Å². The molecule has 0 saturated carbocycles. The summed E-state index contributed by atoms with van der Waals surface area (Å²) in [6.07, 6.45) is 3.82. The van der Waals surface area contributed by atoms with Gasteiger partial charge < -0.3 is 0 Å². The number of rotatable bonds is 3. The van der Waals surface area contributed by atoms with Gasteiger partial charge in [0, 0.05) is 12.7 Å². The summed E-state index contributed by atoms with van der Waals surface area (Å²) >= 11 is 0. The molecule has 1 heterocycles. The summed E-state index contributed by atoms with van der Waals surface area (Å²) in [6.45, 7) is 1.37. The van der Waals surface area contributed by atoms with E-state index in [2.05, 4.69) is 11.0 Å². The minimum Gasteiger partial charge on any atom is -0.253 e. The van der Waals surface area contributed by atoms with E-state index in [0.717, 1.165) is 12.1 Å². The van der Waals surface area contributed by atoms with E-state index >= 15 is 0 Å². The number of hydrogen-bond donors (Lipinski definition) is 2. The van der Waals surface area contributed by atoms with Gasteiger partial charge in [-0.3, -0.25) is 4.84 Å². The van der Waals surface area contributed by atoms with Gasteiger partial charge in [0.15, 0.2) is 0 Å². The Hall–Kier alpha value is -1.36. The molecular formula is C10H13N3O. The van der Waals surface area contributed by atoms with Crippen LogP contribution < -0.4 is 11.0 Å². The normalized spacial score (nSPS) is 15.9. The highest BCUT2D eigenvalue weighted by Gasteiger charge is 2.01. The summed E-state index contributed by atoms with van der Waals surface area (Å²) in [5, 5.41) is 1.55. The molecule has 1 aromatic carbocycles. The third kappa shape index (κ3) is 2.56. The maximum absolute atomic E-state index is 5.44. The van der Waals surface area contributed by atoms with E-state index in [9.17, 15) is 0 Å². The summed E-state index contributed by atoms with van der Waals surface area (Å²) in [7, 11) is 0. The zero-order valence-corrected chi connectivity index (χ0v) is 7.81. The largest absolute Gasteiger partial charge is 0.253 e. The lowest BCUT2D eigenvalue weighted by molar-refractivity contribution is -0.180. The molecule has 0 radical (unpaired) electrons. The van der Waals surface area contributed by atoms with Crippen LogP contribution in [0.1, 0.15) is 5.56 Å². The monoisotopic (exact) mass is 191 g/mol. The third-order valence-electron chi connectivity index (χ3n) is 1.86. The summed E-state index contributed by atoms with van der Waals surface area (Å²) in [5.41, 5.74) is 6.95. The molecule has 74 valence electrons. The molecule has 0 fully saturated rings.